The van der Waals surface area contributed by atoms with Crippen LogP contribution in [0.15, 0.2) is 0 Å². The lowest BCUT2D eigenvalue weighted by molar-refractivity contribution is 1.28. The molecule has 0 aromatic rings. The van der Waals surface area contributed by atoms with Crippen LogP contribution in [-0.2, 0) is 0 Å². The van der Waals surface area contributed by atoms with Crippen molar-refractivity contribution in [1.82, 2.24) is 0 Å². The van der Waals surface area contributed by atoms with E-state index < -0.39 is 0 Å². The average molecular weight is 93.1 g/mol. The van der Waals surface area contributed by atoms with E-state index in [1.54, 1.807) is 0 Å². The predicted octanol–water partition coefficient (Wildman–Crippen LogP) is 1.77. The molecular weight excluding hydrogens is 84.1 g/mol. The summed E-state index contributed by atoms with van der Waals surface area (Å²) in [6, 6.07) is 0. The minimum Gasteiger partial charge on any atom is -0.103 e. The molecule has 1 rings (SSSR count). The van der Waals surface area contributed by atoms with Gasteiger partial charge in [0.15, 0.2) is 0 Å². The molecule has 0 nitrogen and oxygen atoms in total. The van der Waals surface area contributed by atoms with Crippen molar-refractivity contribution in [1.29, 1.82) is 0 Å². The van der Waals surface area contributed by atoms with Crippen molar-refractivity contribution in [2.24, 2.45) is 0 Å². The fourth-order valence-electron chi connectivity index (χ4n) is 0.401. The van der Waals surface area contributed by atoms with E-state index in [9.17, 15) is 0 Å². The molecule has 0 N–H and O–H groups in total. The maximum atomic E-state index is 3.07. The fraction of sp³-hybridized carbons (Fsp3) is 0.571. The molecular formula is C7H9. The van der Waals surface area contributed by atoms with Gasteiger partial charge in [-0.25, -0.2) is 0 Å². The van der Waals surface area contributed by atoms with Crippen molar-refractivity contribution in [3.8, 4) is 11.8 Å². The topological polar surface area (TPSA) is 0 Å². The fourth-order valence-corrected chi connectivity index (χ4v) is 0.401. The number of hydrogen-bond acceptors (Lipinski definition) is 0. The SMILES string of the molecule is CCC#C[C]1CC1. The molecule has 0 spiro atoms. The van der Waals surface area contributed by atoms with Crippen LogP contribution in [-0.4, -0.2) is 0 Å². The molecule has 0 unspecified atom stereocenters. The Balaban J connectivity index is 2.16. The Bertz CT molecular complexity index is 98.9. The molecule has 37 valence electrons. The van der Waals surface area contributed by atoms with Crippen molar-refractivity contribution in [3.05, 3.63) is 5.92 Å². The van der Waals surface area contributed by atoms with Crippen LogP contribution in [0.3, 0.4) is 0 Å². The van der Waals surface area contributed by atoms with Gasteiger partial charge in [0.1, 0.15) is 0 Å². The van der Waals surface area contributed by atoms with E-state index in [1.165, 1.54) is 18.8 Å². The van der Waals surface area contributed by atoms with Gasteiger partial charge >= 0.3 is 0 Å². The van der Waals surface area contributed by atoms with Gasteiger partial charge in [-0.1, -0.05) is 12.8 Å². The highest BCUT2D eigenvalue weighted by atomic mass is 14.2. The summed E-state index contributed by atoms with van der Waals surface area (Å²) < 4.78 is 0. The van der Waals surface area contributed by atoms with Crippen molar-refractivity contribution < 1.29 is 0 Å². The Hall–Kier alpha value is -0.440. The zero-order valence-corrected chi connectivity index (χ0v) is 4.62. The highest BCUT2D eigenvalue weighted by Gasteiger charge is 2.18. The van der Waals surface area contributed by atoms with Crippen LogP contribution in [0.1, 0.15) is 26.2 Å². The van der Waals surface area contributed by atoms with Crippen LogP contribution < -0.4 is 0 Å². The van der Waals surface area contributed by atoms with Gasteiger partial charge in [-0.05, 0) is 12.8 Å². The van der Waals surface area contributed by atoms with Gasteiger partial charge in [0.05, 0.1) is 0 Å². The molecule has 1 aliphatic rings. The van der Waals surface area contributed by atoms with Gasteiger partial charge in [0.2, 0.25) is 0 Å². The van der Waals surface area contributed by atoms with Crippen molar-refractivity contribution >= 4 is 0 Å². The molecule has 1 saturated carbocycles. The molecule has 0 bridgehead atoms. The molecule has 0 aliphatic heterocycles. The van der Waals surface area contributed by atoms with E-state index >= 15 is 0 Å². The summed E-state index contributed by atoms with van der Waals surface area (Å²) in [5.74, 6) is 7.54. The van der Waals surface area contributed by atoms with Crippen LogP contribution in [0.5, 0.6) is 0 Å². The summed E-state index contributed by atoms with van der Waals surface area (Å²) in [5, 5.41) is 0. The standard InChI is InChI=1S/C7H9/c1-2-3-4-7-5-6-7/h2,5-6H2,1H3. The van der Waals surface area contributed by atoms with E-state index in [0.29, 0.717) is 0 Å². The predicted molar refractivity (Wildman–Crippen MR) is 30.5 cm³/mol. The largest absolute Gasteiger partial charge is 0.103 e. The molecule has 0 aromatic carbocycles. The first kappa shape index (κ1) is 4.71. The van der Waals surface area contributed by atoms with Crippen LogP contribution in [0.2, 0.25) is 0 Å². The maximum Gasteiger partial charge on any atom is 0.0481 e. The van der Waals surface area contributed by atoms with Gasteiger partial charge in [-0.2, -0.15) is 0 Å². The summed E-state index contributed by atoms with van der Waals surface area (Å²) in [5.41, 5.74) is 0. The number of rotatable bonds is 0. The Morgan fingerprint density at radius 3 is 2.71 bits per heavy atom. The molecule has 0 amide bonds. The molecule has 0 atom stereocenters. The Kier molecular flexibility index (Phi) is 1.36. The zero-order valence-electron chi connectivity index (χ0n) is 4.62. The summed E-state index contributed by atoms with van der Waals surface area (Å²) in [4.78, 5) is 0. The molecule has 7 heavy (non-hydrogen) atoms. The maximum absolute atomic E-state index is 3.07. The van der Waals surface area contributed by atoms with Gasteiger partial charge in [0.25, 0.3) is 0 Å². The highest BCUT2D eigenvalue weighted by Crippen LogP contribution is 2.30. The molecule has 1 radical (unpaired) electrons. The third-order valence-electron chi connectivity index (χ3n) is 0.942. The third-order valence-corrected chi connectivity index (χ3v) is 0.942. The Morgan fingerprint density at radius 2 is 2.29 bits per heavy atom. The minimum absolute atomic E-state index is 1.00. The van der Waals surface area contributed by atoms with E-state index in [1.807, 2.05) is 0 Å². The second-order valence-electron chi connectivity index (χ2n) is 1.76. The lowest BCUT2D eigenvalue weighted by Crippen LogP contribution is -1.57. The smallest absolute Gasteiger partial charge is 0.0481 e. The van der Waals surface area contributed by atoms with Crippen molar-refractivity contribution in [2.45, 2.75) is 26.2 Å². The zero-order chi connectivity index (χ0) is 5.11. The van der Waals surface area contributed by atoms with Crippen LogP contribution in [0.25, 0.3) is 0 Å². The van der Waals surface area contributed by atoms with Gasteiger partial charge in [-0.3, -0.25) is 0 Å². The summed E-state index contributed by atoms with van der Waals surface area (Å²) in [6.45, 7) is 2.08. The van der Waals surface area contributed by atoms with Gasteiger partial charge in [-0.15, -0.1) is 5.92 Å². The van der Waals surface area contributed by atoms with Crippen LogP contribution >= 0.6 is 0 Å². The monoisotopic (exact) mass is 93.1 g/mol. The van der Waals surface area contributed by atoms with Crippen LogP contribution in [0, 0.1) is 17.8 Å². The minimum atomic E-state index is 1.00. The second-order valence-corrected chi connectivity index (χ2v) is 1.76. The Morgan fingerprint density at radius 1 is 1.57 bits per heavy atom. The molecule has 0 heteroatoms. The normalized spacial score (nSPS) is 17.9. The highest BCUT2D eigenvalue weighted by molar-refractivity contribution is 5.30. The lowest BCUT2D eigenvalue weighted by atomic mass is 10.4. The molecule has 1 fully saturated rings. The quantitative estimate of drug-likeness (QED) is 0.400. The third kappa shape index (κ3) is 1.64. The molecule has 0 aromatic heterocycles. The first-order chi connectivity index (χ1) is 3.43. The lowest BCUT2D eigenvalue weighted by Gasteiger charge is -1.67. The summed E-state index contributed by atoms with van der Waals surface area (Å²) in [7, 11) is 0. The van der Waals surface area contributed by atoms with E-state index in [-0.39, 0.29) is 0 Å². The Labute approximate surface area is 44.9 Å². The van der Waals surface area contributed by atoms with E-state index in [4.69, 9.17) is 0 Å². The first-order valence-corrected chi connectivity index (χ1v) is 2.77. The van der Waals surface area contributed by atoms with Gasteiger partial charge < -0.3 is 0 Å². The molecule has 0 heterocycles. The van der Waals surface area contributed by atoms with Crippen LogP contribution in [0.4, 0.5) is 0 Å². The van der Waals surface area contributed by atoms with Gasteiger partial charge in [0, 0.05) is 12.3 Å². The average Bonchev–Trinajstić information content (AvgIpc) is 2.42. The summed E-state index contributed by atoms with van der Waals surface area (Å²) in [6.07, 6.45) is 3.55. The van der Waals surface area contributed by atoms with Crippen molar-refractivity contribution in [3.63, 3.8) is 0 Å². The van der Waals surface area contributed by atoms with E-state index in [2.05, 4.69) is 18.8 Å². The van der Waals surface area contributed by atoms with E-state index in [0.717, 1.165) is 6.42 Å². The van der Waals surface area contributed by atoms with Crippen molar-refractivity contribution in [2.75, 3.05) is 0 Å². The first-order valence-electron chi connectivity index (χ1n) is 2.77. The molecule has 1 aliphatic carbocycles. The number of hydrogen-bond donors (Lipinski definition) is 0. The summed E-state index contributed by atoms with van der Waals surface area (Å²) >= 11 is 0. The second kappa shape index (κ2) is 2.02. The molecule has 0 saturated heterocycles.